The molecule has 16 heavy (non-hydrogen) atoms. The molecule has 0 aliphatic heterocycles. The average molecular weight is 211 g/mol. The van der Waals surface area contributed by atoms with Gasteiger partial charge >= 0.3 is 0 Å². The normalized spacial score (nSPS) is 10.8. The third-order valence-electron chi connectivity index (χ3n) is 2.77. The molecule has 1 nitrogen and oxygen atoms in total. The molecule has 0 unspecified atom stereocenters. The largest absolute Gasteiger partial charge is 0.256 e. The smallest absolute Gasteiger partial charge is 0.0705 e. The van der Waals surface area contributed by atoms with E-state index in [1.807, 2.05) is 6.20 Å². The highest BCUT2D eigenvalue weighted by Crippen LogP contribution is 2.27. The third-order valence-corrected chi connectivity index (χ3v) is 2.77. The van der Waals surface area contributed by atoms with Gasteiger partial charge < -0.3 is 0 Å². The zero-order valence-corrected chi connectivity index (χ0v) is 10.1. The number of nitrogens with zero attached hydrogens (tertiary/aromatic N) is 1. The van der Waals surface area contributed by atoms with Crippen molar-refractivity contribution >= 4 is 0 Å². The van der Waals surface area contributed by atoms with Gasteiger partial charge in [-0.25, -0.2) is 0 Å². The maximum atomic E-state index is 4.49. The van der Waals surface area contributed by atoms with Crippen LogP contribution in [-0.4, -0.2) is 4.98 Å². The van der Waals surface area contributed by atoms with Gasteiger partial charge in [0.25, 0.3) is 0 Å². The van der Waals surface area contributed by atoms with Gasteiger partial charge in [0.2, 0.25) is 0 Å². The maximum absolute atomic E-state index is 4.49. The van der Waals surface area contributed by atoms with E-state index in [0.717, 1.165) is 5.69 Å². The second kappa shape index (κ2) is 4.48. The van der Waals surface area contributed by atoms with E-state index in [1.54, 1.807) is 0 Å². The quantitative estimate of drug-likeness (QED) is 0.726. The molecule has 1 heteroatoms. The Hall–Kier alpha value is -1.63. The minimum Gasteiger partial charge on any atom is -0.256 e. The van der Waals surface area contributed by atoms with Gasteiger partial charge in [-0.3, -0.25) is 4.98 Å². The lowest BCUT2D eigenvalue weighted by Crippen LogP contribution is -1.93. The highest BCUT2D eigenvalue weighted by atomic mass is 14.7. The van der Waals surface area contributed by atoms with Gasteiger partial charge in [-0.1, -0.05) is 44.2 Å². The third kappa shape index (κ3) is 2.13. The van der Waals surface area contributed by atoms with Crippen LogP contribution in [0.2, 0.25) is 0 Å². The van der Waals surface area contributed by atoms with Gasteiger partial charge in [0.1, 0.15) is 0 Å². The Morgan fingerprint density at radius 2 is 1.75 bits per heavy atom. The van der Waals surface area contributed by atoms with Gasteiger partial charge in [-0.05, 0) is 30.0 Å². The lowest BCUT2D eigenvalue weighted by molar-refractivity contribution is 0.868. The minimum absolute atomic E-state index is 0.527. The van der Waals surface area contributed by atoms with Gasteiger partial charge in [0, 0.05) is 11.8 Å². The Kier molecular flexibility index (Phi) is 3.04. The summed E-state index contributed by atoms with van der Waals surface area (Å²) in [4.78, 5) is 4.49. The van der Waals surface area contributed by atoms with Gasteiger partial charge in [-0.2, -0.15) is 0 Å². The van der Waals surface area contributed by atoms with Crippen molar-refractivity contribution in [2.75, 3.05) is 0 Å². The number of rotatable bonds is 2. The summed E-state index contributed by atoms with van der Waals surface area (Å²) in [5.74, 6) is 0.527. The first-order chi connectivity index (χ1) is 7.68. The Balaban J connectivity index is 2.51. The maximum Gasteiger partial charge on any atom is 0.0705 e. The van der Waals surface area contributed by atoms with Gasteiger partial charge in [0.15, 0.2) is 0 Å². The number of hydrogen-bond donors (Lipinski definition) is 0. The summed E-state index contributed by atoms with van der Waals surface area (Å²) in [5.41, 5.74) is 4.87. The molecule has 0 amide bonds. The summed E-state index contributed by atoms with van der Waals surface area (Å²) < 4.78 is 0. The number of benzene rings is 1. The van der Waals surface area contributed by atoms with Crippen LogP contribution in [0.15, 0.2) is 42.6 Å². The monoisotopic (exact) mass is 211 g/mol. The fourth-order valence-corrected chi connectivity index (χ4v) is 1.86. The lowest BCUT2D eigenvalue weighted by Gasteiger charge is -2.11. The van der Waals surface area contributed by atoms with Crippen LogP contribution >= 0.6 is 0 Å². The van der Waals surface area contributed by atoms with Crippen LogP contribution in [0.1, 0.15) is 30.9 Å². The van der Waals surface area contributed by atoms with Crippen LogP contribution in [0.4, 0.5) is 0 Å². The SMILES string of the molecule is Cc1ccc(-c2ccccc2C(C)C)nc1. The minimum atomic E-state index is 0.527. The number of hydrogen-bond acceptors (Lipinski definition) is 1. The zero-order chi connectivity index (χ0) is 11.5. The van der Waals surface area contributed by atoms with E-state index in [1.165, 1.54) is 16.7 Å². The van der Waals surface area contributed by atoms with E-state index in [2.05, 4.69) is 62.2 Å². The lowest BCUT2D eigenvalue weighted by atomic mass is 9.95. The molecular formula is C15H17N. The van der Waals surface area contributed by atoms with E-state index in [-0.39, 0.29) is 0 Å². The zero-order valence-electron chi connectivity index (χ0n) is 10.1. The number of aryl methyl sites for hydroxylation is 1. The first-order valence-electron chi connectivity index (χ1n) is 5.70. The predicted octanol–water partition coefficient (Wildman–Crippen LogP) is 4.18. The van der Waals surface area contributed by atoms with Crippen molar-refractivity contribution in [3.63, 3.8) is 0 Å². The first kappa shape index (κ1) is 10.9. The Bertz CT molecular complexity index is 469. The molecule has 1 aromatic heterocycles. The molecule has 82 valence electrons. The van der Waals surface area contributed by atoms with E-state index in [9.17, 15) is 0 Å². The van der Waals surface area contributed by atoms with E-state index >= 15 is 0 Å². The fraction of sp³-hybridized carbons (Fsp3) is 0.267. The molecule has 0 saturated heterocycles. The van der Waals surface area contributed by atoms with E-state index in [0.29, 0.717) is 5.92 Å². The fourth-order valence-electron chi connectivity index (χ4n) is 1.86. The van der Waals surface area contributed by atoms with Crippen LogP contribution in [-0.2, 0) is 0 Å². The van der Waals surface area contributed by atoms with Crippen molar-refractivity contribution in [1.82, 2.24) is 4.98 Å². The first-order valence-corrected chi connectivity index (χ1v) is 5.70. The highest BCUT2D eigenvalue weighted by Gasteiger charge is 2.08. The van der Waals surface area contributed by atoms with Crippen molar-refractivity contribution in [2.45, 2.75) is 26.7 Å². The van der Waals surface area contributed by atoms with Crippen molar-refractivity contribution < 1.29 is 0 Å². The molecule has 1 heterocycles. The van der Waals surface area contributed by atoms with E-state index < -0.39 is 0 Å². The Morgan fingerprint density at radius 3 is 2.38 bits per heavy atom. The molecule has 2 aromatic rings. The Labute approximate surface area is 97.2 Å². The molecule has 0 fully saturated rings. The highest BCUT2D eigenvalue weighted by molar-refractivity contribution is 5.64. The van der Waals surface area contributed by atoms with Crippen molar-refractivity contribution in [1.29, 1.82) is 0 Å². The van der Waals surface area contributed by atoms with Crippen LogP contribution < -0.4 is 0 Å². The van der Waals surface area contributed by atoms with E-state index in [4.69, 9.17) is 0 Å². The topological polar surface area (TPSA) is 12.9 Å². The van der Waals surface area contributed by atoms with Crippen LogP contribution in [0.5, 0.6) is 0 Å². The summed E-state index contributed by atoms with van der Waals surface area (Å²) >= 11 is 0. The second-order valence-electron chi connectivity index (χ2n) is 4.46. The molecule has 2 rings (SSSR count). The van der Waals surface area contributed by atoms with Gasteiger partial charge in [0.05, 0.1) is 5.69 Å². The molecule has 0 N–H and O–H groups in total. The number of pyridine rings is 1. The van der Waals surface area contributed by atoms with Crippen molar-refractivity contribution in [3.05, 3.63) is 53.7 Å². The molecule has 0 bridgehead atoms. The molecule has 0 spiro atoms. The van der Waals surface area contributed by atoms with Crippen molar-refractivity contribution in [3.8, 4) is 11.3 Å². The molecule has 0 saturated carbocycles. The molecule has 1 aromatic carbocycles. The molecule has 0 radical (unpaired) electrons. The average Bonchev–Trinajstić information content (AvgIpc) is 2.30. The van der Waals surface area contributed by atoms with Crippen LogP contribution in [0.3, 0.4) is 0 Å². The Morgan fingerprint density at radius 1 is 1.00 bits per heavy atom. The molecule has 0 aliphatic carbocycles. The summed E-state index contributed by atoms with van der Waals surface area (Å²) in [6, 6.07) is 12.7. The van der Waals surface area contributed by atoms with Crippen molar-refractivity contribution in [2.24, 2.45) is 0 Å². The number of aromatic nitrogens is 1. The second-order valence-corrected chi connectivity index (χ2v) is 4.46. The summed E-state index contributed by atoms with van der Waals surface area (Å²) in [5, 5.41) is 0. The summed E-state index contributed by atoms with van der Waals surface area (Å²) in [6.07, 6.45) is 1.92. The van der Waals surface area contributed by atoms with Crippen LogP contribution in [0.25, 0.3) is 11.3 Å². The van der Waals surface area contributed by atoms with Crippen LogP contribution in [0, 0.1) is 6.92 Å². The summed E-state index contributed by atoms with van der Waals surface area (Å²) in [7, 11) is 0. The standard InChI is InChI=1S/C15H17N/c1-11(2)13-6-4-5-7-14(13)15-9-8-12(3)10-16-15/h4-11H,1-3H3. The molecule has 0 atom stereocenters. The summed E-state index contributed by atoms with van der Waals surface area (Å²) in [6.45, 7) is 6.49. The van der Waals surface area contributed by atoms with Gasteiger partial charge in [-0.15, -0.1) is 0 Å². The molecule has 0 aliphatic rings. The predicted molar refractivity (Wildman–Crippen MR) is 68.5 cm³/mol. The molecular weight excluding hydrogens is 194 g/mol.